The van der Waals surface area contributed by atoms with E-state index in [1.807, 2.05) is 25.1 Å². The molecule has 0 radical (unpaired) electrons. The molecule has 1 aromatic heterocycles. The number of fused-ring (bicyclic) bond motifs is 2. The third kappa shape index (κ3) is 3.54. The van der Waals surface area contributed by atoms with Crippen LogP contribution in [0.1, 0.15) is 11.1 Å². The molecule has 2 heterocycles. The summed E-state index contributed by atoms with van der Waals surface area (Å²) in [6.45, 7) is 2.63. The Morgan fingerprint density at radius 2 is 1.81 bits per heavy atom. The molecule has 0 amide bonds. The van der Waals surface area contributed by atoms with E-state index in [4.69, 9.17) is 9.47 Å². The lowest BCUT2D eigenvalue weighted by Gasteiger charge is -2.18. The second-order valence-corrected chi connectivity index (χ2v) is 8.11. The number of aromatic nitrogens is 1. The zero-order valence-corrected chi connectivity index (χ0v) is 15.4. The highest BCUT2D eigenvalue weighted by molar-refractivity contribution is 7.89. The first kappa shape index (κ1) is 17.6. The van der Waals surface area contributed by atoms with Gasteiger partial charge in [-0.1, -0.05) is 12.1 Å². The van der Waals surface area contributed by atoms with Crippen LogP contribution in [0.4, 0.5) is 0 Å². The van der Waals surface area contributed by atoms with Gasteiger partial charge in [0, 0.05) is 23.7 Å². The Bertz CT molecular complexity index is 1180. The molecular weight excluding hydrogens is 368 g/mol. The molecule has 140 valence electrons. The molecule has 0 aliphatic carbocycles. The average molecular weight is 386 g/mol. The minimum atomic E-state index is -3.81. The molecule has 0 unspecified atom stereocenters. The van der Waals surface area contributed by atoms with Crippen molar-refractivity contribution in [1.82, 2.24) is 9.71 Å². The lowest BCUT2D eigenvalue weighted by Crippen LogP contribution is -2.27. The van der Waals surface area contributed by atoms with E-state index in [1.165, 1.54) is 12.1 Å². The average Bonchev–Trinajstić information content (AvgIpc) is 2.66. The summed E-state index contributed by atoms with van der Waals surface area (Å²) in [5.41, 5.74) is 1.77. The summed E-state index contributed by atoms with van der Waals surface area (Å²) >= 11 is 0. The molecule has 1 aliphatic rings. The van der Waals surface area contributed by atoms with Gasteiger partial charge in [-0.15, -0.1) is 0 Å². The number of nitrogens with one attached hydrogen (secondary N) is 2. The standard InChI is InChI=1S/C19H18N2O5S/c1-12-2-3-13-9-14(19(22)21-16(13)8-12)11-20-27(23,24)15-4-5-17-18(10-15)26-7-6-25-17/h2-5,8-10,20H,6-7,11H2,1H3,(H,21,22). The SMILES string of the molecule is Cc1ccc2cc(CNS(=O)(=O)c3ccc4c(c3)OCCO4)c(=O)[nH]c2c1. The number of benzene rings is 2. The van der Waals surface area contributed by atoms with Crippen molar-refractivity contribution in [2.75, 3.05) is 13.2 Å². The fourth-order valence-electron chi connectivity index (χ4n) is 2.94. The van der Waals surface area contributed by atoms with Crippen LogP contribution < -0.4 is 19.8 Å². The van der Waals surface area contributed by atoms with Crippen molar-refractivity contribution in [2.45, 2.75) is 18.4 Å². The Kier molecular flexibility index (Phi) is 4.37. The zero-order chi connectivity index (χ0) is 19.0. The van der Waals surface area contributed by atoms with Gasteiger partial charge >= 0.3 is 0 Å². The predicted octanol–water partition coefficient (Wildman–Crippen LogP) is 2.09. The summed E-state index contributed by atoms with van der Waals surface area (Å²) in [6, 6.07) is 11.8. The van der Waals surface area contributed by atoms with Gasteiger partial charge in [-0.2, -0.15) is 0 Å². The first-order valence-corrected chi connectivity index (χ1v) is 9.92. The van der Waals surface area contributed by atoms with E-state index in [2.05, 4.69) is 9.71 Å². The maximum absolute atomic E-state index is 12.6. The molecule has 0 atom stereocenters. The Hall–Kier alpha value is -2.84. The number of aryl methyl sites for hydroxylation is 1. The van der Waals surface area contributed by atoms with Crippen molar-refractivity contribution in [3.63, 3.8) is 0 Å². The molecule has 0 saturated carbocycles. The Balaban J connectivity index is 1.59. The minimum absolute atomic E-state index is 0.0552. The van der Waals surface area contributed by atoms with Crippen LogP contribution in [0, 0.1) is 6.92 Å². The van der Waals surface area contributed by atoms with Gasteiger partial charge in [0.1, 0.15) is 13.2 Å². The Morgan fingerprint density at radius 3 is 2.63 bits per heavy atom. The number of hydrogen-bond acceptors (Lipinski definition) is 5. The van der Waals surface area contributed by atoms with Crippen molar-refractivity contribution in [3.05, 3.63) is 63.9 Å². The quantitative estimate of drug-likeness (QED) is 0.716. The van der Waals surface area contributed by atoms with Crippen LogP contribution in [0.3, 0.4) is 0 Å². The number of sulfonamides is 1. The minimum Gasteiger partial charge on any atom is -0.486 e. The molecule has 1 aliphatic heterocycles. The fourth-order valence-corrected chi connectivity index (χ4v) is 3.96. The van der Waals surface area contributed by atoms with E-state index in [-0.39, 0.29) is 17.0 Å². The normalized spacial score (nSPS) is 13.7. The molecule has 0 spiro atoms. The van der Waals surface area contributed by atoms with Gasteiger partial charge in [0.25, 0.3) is 5.56 Å². The van der Waals surface area contributed by atoms with Gasteiger partial charge in [-0.25, -0.2) is 13.1 Å². The van der Waals surface area contributed by atoms with E-state index in [0.717, 1.165) is 16.5 Å². The van der Waals surface area contributed by atoms with E-state index in [9.17, 15) is 13.2 Å². The molecule has 2 aromatic carbocycles. The molecule has 4 rings (SSSR count). The first-order chi connectivity index (χ1) is 12.9. The number of pyridine rings is 1. The molecule has 0 bridgehead atoms. The highest BCUT2D eigenvalue weighted by Gasteiger charge is 2.19. The lowest BCUT2D eigenvalue weighted by molar-refractivity contribution is 0.171. The van der Waals surface area contributed by atoms with Crippen LogP contribution in [0.15, 0.2) is 52.2 Å². The Labute approximate surface area is 156 Å². The number of ether oxygens (including phenoxy) is 2. The third-order valence-electron chi connectivity index (χ3n) is 4.35. The topological polar surface area (TPSA) is 97.5 Å². The molecule has 27 heavy (non-hydrogen) atoms. The fraction of sp³-hybridized carbons (Fsp3) is 0.211. The van der Waals surface area contributed by atoms with E-state index < -0.39 is 10.0 Å². The van der Waals surface area contributed by atoms with Crippen LogP contribution in [0.25, 0.3) is 10.9 Å². The first-order valence-electron chi connectivity index (χ1n) is 8.44. The summed E-state index contributed by atoms with van der Waals surface area (Å²) in [7, 11) is -3.81. The molecule has 0 saturated heterocycles. The molecular formula is C19H18N2O5S. The van der Waals surface area contributed by atoms with Crippen molar-refractivity contribution in [1.29, 1.82) is 0 Å². The lowest BCUT2D eigenvalue weighted by atomic mass is 10.1. The summed E-state index contributed by atoms with van der Waals surface area (Å²) < 4.78 is 38.5. The molecule has 3 aromatic rings. The van der Waals surface area contributed by atoms with Crippen molar-refractivity contribution < 1.29 is 17.9 Å². The molecule has 0 fully saturated rings. The van der Waals surface area contributed by atoms with Gasteiger partial charge in [0.15, 0.2) is 11.5 Å². The number of hydrogen-bond donors (Lipinski definition) is 2. The second-order valence-electron chi connectivity index (χ2n) is 6.34. The van der Waals surface area contributed by atoms with Crippen LogP contribution in [0.2, 0.25) is 0 Å². The Morgan fingerprint density at radius 1 is 1.04 bits per heavy atom. The van der Waals surface area contributed by atoms with Crippen molar-refractivity contribution in [3.8, 4) is 11.5 Å². The van der Waals surface area contributed by atoms with Crippen LogP contribution in [0.5, 0.6) is 11.5 Å². The largest absolute Gasteiger partial charge is 0.486 e. The summed E-state index contributed by atoms with van der Waals surface area (Å²) in [5, 5.41) is 0.841. The second kappa shape index (κ2) is 6.71. The van der Waals surface area contributed by atoms with Gasteiger partial charge in [-0.3, -0.25) is 4.79 Å². The third-order valence-corrected chi connectivity index (χ3v) is 5.75. The van der Waals surface area contributed by atoms with Crippen LogP contribution >= 0.6 is 0 Å². The number of rotatable bonds is 4. The zero-order valence-electron chi connectivity index (χ0n) is 14.6. The summed E-state index contributed by atoms with van der Waals surface area (Å²) in [5.74, 6) is 0.907. The van der Waals surface area contributed by atoms with Crippen molar-refractivity contribution in [2.24, 2.45) is 0 Å². The molecule has 2 N–H and O–H groups in total. The summed E-state index contributed by atoms with van der Waals surface area (Å²) in [4.78, 5) is 15.1. The van der Waals surface area contributed by atoms with E-state index >= 15 is 0 Å². The van der Waals surface area contributed by atoms with E-state index in [0.29, 0.717) is 30.3 Å². The van der Waals surface area contributed by atoms with Crippen LogP contribution in [-0.2, 0) is 16.6 Å². The number of H-pyrrole nitrogens is 1. The van der Waals surface area contributed by atoms with Gasteiger partial charge in [0.2, 0.25) is 10.0 Å². The van der Waals surface area contributed by atoms with Gasteiger partial charge in [0.05, 0.1) is 4.90 Å². The predicted molar refractivity (Wildman–Crippen MR) is 101 cm³/mol. The van der Waals surface area contributed by atoms with Gasteiger partial charge < -0.3 is 14.5 Å². The molecule has 7 nitrogen and oxygen atoms in total. The number of aromatic amines is 1. The maximum atomic E-state index is 12.6. The van der Waals surface area contributed by atoms with E-state index in [1.54, 1.807) is 12.1 Å². The summed E-state index contributed by atoms with van der Waals surface area (Å²) in [6.07, 6.45) is 0. The molecule has 8 heteroatoms. The van der Waals surface area contributed by atoms with Crippen LogP contribution in [-0.4, -0.2) is 26.6 Å². The maximum Gasteiger partial charge on any atom is 0.252 e. The monoisotopic (exact) mass is 386 g/mol. The highest BCUT2D eigenvalue weighted by Crippen LogP contribution is 2.32. The highest BCUT2D eigenvalue weighted by atomic mass is 32.2. The smallest absolute Gasteiger partial charge is 0.252 e. The van der Waals surface area contributed by atoms with Crippen molar-refractivity contribution >= 4 is 20.9 Å². The van der Waals surface area contributed by atoms with Gasteiger partial charge in [-0.05, 0) is 42.1 Å².